The van der Waals surface area contributed by atoms with Crippen LogP contribution in [0, 0.1) is 6.92 Å². The number of sulfonamides is 1. The molecule has 0 atom stereocenters. The van der Waals surface area contributed by atoms with E-state index in [2.05, 4.69) is 10.3 Å². The maximum absolute atomic E-state index is 10.6. The molecule has 0 saturated heterocycles. The molecule has 3 N–H and O–H groups in total. The first-order valence-electron chi connectivity index (χ1n) is 5.10. The quantitative estimate of drug-likeness (QED) is 0.697. The van der Waals surface area contributed by atoms with Crippen LogP contribution < -0.4 is 10.5 Å². The Labute approximate surface area is 96.1 Å². The highest BCUT2D eigenvalue weighted by atomic mass is 32.2. The predicted molar refractivity (Wildman–Crippen MR) is 63.3 cm³/mol. The number of hydrogen-bond donors (Lipinski definition) is 2. The molecule has 0 amide bonds. The number of primary sulfonamides is 1. The average molecular weight is 243 g/mol. The maximum atomic E-state index is 10.6. The summed E-state index contributed by atoms with van der Waals surface area (Å²) in [6, 6.07) is 3.94. The first-order valence-corrected chi connectivity index (χ1v) is 6.81. The fourth-order valence-electron chi connectivity index (χ4n) is 1.22. The lowest BCUT2D eigenvalue weighted by molar-refractivity contribution is 0.590. The molecule has 1 rings (SSSR count). The van der Waals surface area contributed by atoms with Crippen LogP contribution in [0.1, 0.15) is 17.7 Å². The number of nitrogens with one attached hydrogen (secondary N) is 1. The molecule has 16 heavy (non-hydrogen) atoms. The van der Waals surface area contributed by atoms with Gasteiger partial charge in [-0.15, -0.1) is 0 Å². The SMILES string of the molecule is Cc1ccc(CNCCCS(N)(=O)=O)nc1. The molecular weight excluding hydrogens is 226 g/mol. The Morgan fingerprint density at radius 3 is 2.75 bits per heavy atom. The third kappa shape index (κ3) is 5.79. The van der Waals surface area contributed by atoms with Crippen LogP contribution in [0.4, 0.5) is 0 Å². The summed E-state index contributed by atoms with van der Waals surface area (Å²) in [5.41, 5.74) is 2.07. The van der Waals surface area contributed by atoms with Gasteiger partial charge in [0.05, 0.1) is 11.4 Å². The molecule has 0 saturated carbocycles. The second kappa shape index (κ2) is 5.93. The van der Waals surface area contributed by atoms with Crippen LogP contribution in [0.3, 0.4) is 0 Å². The lowest BCUT2D eigenvalue weighted by Gasteiger charge is -2.03. The standard InChI is InChI=1S/C10H17N3O2S/c1-9-3-4-10(13-7-9)8-12-5-2-6-16(11,14)15/h3-4,7,12H,2,5-6,8H2,1H3,(H2,11,14,15). The van der Waals surface area contributed by atoms with Crippen molar-refractivity contribution in [2.75, 3.05) is 12.3 Å². The fraction of sp³-hybridized carbons (Fsp3) is 0.500. The van der Waals surface area contributed by atoms with Crippen LogP contribution in [-0.4, -0.2) is 25.7 Å². The Kier molecular flexibility index (Phi) is 4.85. The van der Waals surface area contributed by atoms with Crippen LogP contribution >= 0.6 is 0 Å². The summed E-state index contributed by atoms with van der Waals surface area (Å²) in [7, 11) is -3.33. The highest BCUT2D eigenvalue weighted by Gasteiger charge is 2.01. The molecule has 0 unspecified atom stereocenters. The highest BCUT2D eigenvalue weighted by molar-refractivity contribution is 7.89. The molecule has 0 bridgehead atoms. The van der Waals surface area contributed by atoms with Crippen molar-refractivity contribution in [1.82, 2.24) is 10.3 Å². The van der Waals surface area contributed by atoms with E-state index >= 15 is 0 Å². The molecule has 0 aliphatic rings. The van der Waals surface area contributed by atoms with Crippen molar-refractivity contribution in [2.24, 2.45) is 5.14 Å². The number of aryl methyl sites for hydroxylation is 1. The Morgan fingerprint density at radius 2 is 2.19 bits per heavy atom. The second-order valence-electron chi connectivity index (χ2n) is 3.72. The Bertz CT molecular complexity index is 414. The van der Waals surface area contributed by atoms with Crippen molar-refractivity contribution in [3.8, 4) is 0 Å². The molecule has 1 aromatic rings. The van der Waals surface area contributed by atoms with E-state index in [-0.39, 0.29) is 5.75 Å². The summed E-state index contributed by atoms with van der Waals surface area (Å²) >= 11 is 0. The number of aromatic nitrogens is 1. The van der Waals surface area contributed by atoms with Gasteiger partial charge in [-0.05, 0) is 31.5 Å². The summed E-state index contributed by atoms with van der Waals surface area (Å²) in [4.78, 5) is 4.22. The average Bonchev–Trinajstić information content (AvgIpc) is 2.19. The maximum Gasteiger partial charge on any atom is 0.209 e. The van der Waals surface area contributed by atoms with Crippen LogP contribution in [0.25, 0.3) is 0 Å². The van der Waals surface area contributed by atoms with Crippen molar-refractivity contribution in [2.45, 2.75) is 19.9 Å². The van der Waals surface area contributed by atoms with Crippen molar-refractivity contribution in [3.63, 3.8) is 0 Å². The molecule has 0 aliphatic carbocycles. The number of nitrogens with two attached hydrogens (primary N) is 1. The van der Waals surface area contributed by atoms with Crippen molar-refractivity contribution in [1.29, 1.82) is 0 Å². The molecule has 0 aliphatic heterocycles. The van der Waals surface area contributed by atoms with E-state index < -0.39 is 10.0 Å². The van der Waals surface area contributed by atoms with Crippen molar-refractivity contribution in [3.05, 3.63) is 29.6 Å². The van der Waals surface area contributed by atoms with Gasteiger partial charge in [-0.25, -0.2) is 13.6 Å². The van der Waals surface area contributed by atoms with E-state index in [0.29, 0.717) is 19.5 Å². The zero-order valence-corrected chi connectivity index (χ0v) is 10.1. The van der Waals surface area contributed by atoms with Gasteiger partial charge in [0.1, 0.15) is 0 Å². The highest BCUT2D eigenvalue weighted by Crippen LogP contribution is 1.97. The normalized spacial score (nSPS) is 11.6. The number of pyridine rings is 1. The lowest BCUT2D eigenvalue weighted by atomic mass is 10.3. The molecule has 0 aromatic carbocycles. The third-order valence-electron chi connectivity index (χ3n) is 2.06. The smallest absolute Gasteiger partial charge is 0.209 e. The van der Waals surface area contributed by atoms with Crippen molar-refractivity contribution < 1.29 is 8.42 Å². The van der Waals surface area contributed by atoms with Gasteiger partial charge in [0.2, 0.25) is 10.0 Å². The second-order valence-corrected chi connectivity index (χ2v) is 5.46. The molecule has 0 fully saturated rings. The summed E-state index contributed by atoms with van der Waals surface area (Å²) in [6.45, 7) is 3.24. The minimum atomic E-state index is -3.33. The van der Waals surface area contributed by atoms with E-state index in [1.165, 1.54) is 0 Å². The first-order chi connectivity index (χ1) is 7.47. The summed E-state index contributed by atoms with van der Waals surface area (Å²) in [5, 5.41) is 7.99. The van der Waals surface area contributed by atoms with Crippen molar-refractivity contribution >= 4 is 10.0 Å². The molecule has 1 aromatic heterocycles. The van der Waals surface area contributed by atoms with Gasteiger partial charge in [0.15, 0.2) is 0 Å². The fourth-order valence-corrected chi connectivity index (χ4v) is 1.76. The van der Waals surface area contributed by atoms with Gasteiger partial charge in [0, 0.05) is 12.7 Å². The number of nitrogens with zero attached hydrogens (tertiary/aromatic N) is 1. The molecular formula is C10H17N3O2S. The zero-order chi connectivity index (χ0) is 12.0. The van der Waals surface area contributed by atoms with Crippen LogP contribution in [0.5, 0.6) is 0 Å². The summed E-state index contributed by atoms with van der Waals surface area (Å²) in [5.74, 6) is 0.0152. The van der Waals surface area contributed by atoms with Gasteiger partial charge in [-0.2, -0.15) is 0 Å². The first kappa shape index (κ1) is 13.1. The molecule has 90 valence electrons. The van der Waals surface area contributed by atoms with E-state index in [4.69, 9.17) is 5.14 Å². The molecule has 1 heterocycles. The molecule has 6 heteroatoms. The van der Waals surface area contributed by atoms with Gasteiger partial charge in [0.25, 0.3) is 0 Å². The minimum absolute atomic E-state index is 0.0152. The van der Waals surface area contributed by atoms with Gasteiger partial charge < -0.3 is 5.32 Å². The van der Waals surface area contributed by atoms with Crippen LogP contribution in [-0.2, 0) is 16.6 Å². The number of hydrogen-bond acceptors (Lipinski definition) is 4. The van der Waals surface area contributed by atoms with E-state index in [9.17, 15) is 8.42 Å². The monoisotopic (exact) mass is 243 g/mol. The number of rotatable bonds is 6. The minimum Gasteiger partial charge on any atom is -0.311 e. The van der Waals surface area contributed by atoms with E-state index in [0.717, 1.165) is 11.3 Å². The predicted octanol–water partition coefficient (Wildman–Crippen LogP) is 0.158. The molecule has 5 nitrogen and oxygen atoms in total. The lowest BCUT2D eigenvalue weighted by Crippen LogP contribution is -2.22. The zero-order valence-electron chi connectivity index (χ0n) is 9.31. The largest absolute Gasteiger partial charge is 0.311 e. The topological polar surface area (TPSA) is 85.1 Å². The van der Waals surface area contributed by atoms with Gasteiger partial charge in [-0.1, -0.05) is 6.07 Å². The molecule has 0 radical (unpaired) electrons. The van der Waals surface area contributed by atoms with Crippen LogP contribution in [0.2, 0.25) is 0 Å². The van der Waals surface area contributed by atoms with E-state index in [1.807, 2.05) is 19.1 Å². The Balaban J connectivity index is 2.19. The van der Waals surface area contributed by atoms with Gasteiger partial charge in [-0.3, -0.25) is 4.98 Å². The Hall–Kier alpha value is -0.980. The van der Waals surface area contributed by atoms with E-state index in [1.54, 1.807) is 6.20 Å². The summed E-state index contributed by atoms with van der Waals surface area (Å²) in [6.07, 6.45) is 2.33. The van der Waals surface area contributed by atoms with Gasteiger partial charge >= 0.3 is 0 Å². The van der Waals surface area contributed by atoms with Crippen LogP contribution in [0.15, 0.2) is 18.3 Å². The molecule has 0 spiro atoms. The third-order valence-corrected chi connectivity index (χ3v) is 2.92. The summed E-state index contributed by atoms with van der Waals surface area (Å²) < 4.78 is 21.3. The Morgan fingerprint density at radius 1 is 1.44 bits per heavy atom.